The number of rotatable bonds is 6. The summed E-state index contributed by atoms with van der Waals surface area (Å²) in [7, 11) is 0. The number of pyridine rings is 1. The summed E-state index contributed by atoms with van der Waals surface area (Å²) in [4.78, 5) is 18.0. The van der Waals surface area contributed by atoms with Crippen molar-refractivity contribution in [2.75, 3.05) is 24.5 Å². The molecular formula is C12H18N4OS. The number of carbonyl (C=O) groups is 1. The predicted octanol–water partition coefficient (Wildman–Crippen LogP) is 0.678. The van der Waals surface area contributed by atoms with Crippen LogP contribution in [0.3, 0.4) is 0 Å². The number of nitrogens with zero attached hydrogens (tertiary/aromatic N) is 2. The molecule has 1 amide bonds. The summed E-state index contributed by atoms with van der Waals surface area (Å²) in [5.41, 5.74) is 6.23. The second-order valence-corrected chi connectivity index (χ2v) is 4.18. The minimum atomic E-state index is -0.0143. The van der Waals surface area contributed by atoms with E-state index in [9.17, 15) is 4.79 Å². The van der Waals surface area contributed by atoms with Crippen LogP contribution in [-0.4, -0.2) is 35.5 Å². The Bertz CT molecular complexity index is 419. The zero-order chi connectivity index (χ0) is 13.5. The average Bonchev–Trinajstić information content (AvgIpc) is 2.36. The zero-order valence-electron chi connectivity index (χ0n) is 10.6. The molecule has 0 aliphatic heterocycles. The van der Waals surface area contributed by atoms with Crippen molar-refractivity contribution in [2.24, 2.45) is 5.73 Å². The lowest BCUT2D eigenvalue weighted by Gasteiger charge is -2.21. The molecular weight excluding hydrogens is 248 g/mol. The monoisotopic (exact) mass is 266 g/mol. The summed E-state index contributed by atoms with van der Waals surface area (Å²) in [6.45, 7) is 5.50. The van der Waals surface area contributed by atoms with E-state index in [1.807, 2.05) is 30.9 Å². The highest BCUT2D eigenvalue weighted by atomic mass is 32.1. The lowest BCUT2D eigenvalue weighted by molar-refractivity contribution is -0.119. The normalized spacial score (nSPS) is 9.89. The second kappa shape index (κ2) is 6.90. The summed E-state index contributed by atoms with van der Waals surface area (Å²) >= 11 is 4.86. The molecule has 0 fully saturated rings. The van der Waals surface area contributed by atoms with Gasteiger partial charge in [0.15, 0.2) is 0 Å². The van der Waals surface area contributed by atoms with Crippen molar-refractivity contribution in [3.8, 4) is 0 Å². The number of thiocarbonyl (C=S) groups is 1. The summed E-state index contributed by atoms with van der Waals surface area (Å²) in [5.74, 6) is 0.725. The van der Waals surface area contributed by atoms with E-state index in [1.54, 1.807) is 6.20 Å². The van der Waals surface area contributed by atoms with Gasteiger partial charge in [-0.25, -0.2) is 4.98 Å². The number of nitrogens with two attached hydrogens (primary N) is 1. The van der Waals surface area contributed by atoms with E-state index in [0.29, 0.717) is 24.6 Å². The minimum Gasteiger partial charge on any atom is -0.389 e. The maximum absolute atomic E-state index is 11.5. The number of hydrogen-bond acceptors (Lipinski definition) is 4. The van der Waals surface area contributed by atoms with E-state index in [1.165, 1.54) is 0 Å². The largest absolute Gasteiger partial charge is 0.389 e. The predicted molar refractivity (Wildman–Crippen MR) is 76.7 cm³/mol. The number of hydrogen-bond donors (Lipinski definition) is 2. The summed E-state index contributed by atoms with van der Waals surface area (Å²) in [6, 6.07) is 3.63. The van der Waals surface area contributed by atoms with Crippen molar-refractivity contribution in [3.63, 3.8) is 0 Å². The number of nitrogens with one attached hydrogen (secondary N) is 1. The molecule has 1 aromatic rings. The maximum atomic E-state index is 11.5. The van der Waals surface area contributed by atoms with Gasteiger partial charge in [0, 0.05) is 24.8 Å². The van der Waals surface area contributed by atoms with Gasteiger partial charge >= 0.3 is 0 Å². The number of aromatic nitrogens is 1. The molecule has 0 aliphatic rings. The van der Waals surface area contributed by atoms with Gasteiger partial charge in [0.25, 0.3) is 0 Å². The highest BCUT2D eigenvalue weighted by Crippen LogP contribution is 2.10. The molecule has 0 unspecified atom stereocenters. The van der Waals surface area contributed by atoms with Crippen LogP contribution >= 0.6 is 12.2 Å². The van der Waals surface area contributed by atoms with Crippen LogP contribution in [0.4, 0.5) is 5.82 Å². The SMILES string of the molecule is CCNC(=O)CN(CC)c1ccc(C(N)=S)cn1. The number of anilines is 1. The van der Waals surface area contributed by atoms with E-state index in [4.69, 9.17) is 18.0 Å². The Morgan fingerprint density at radius 3 is 2.67 bits per heavy atom. The standard InChI is InChI=1S/C12H18N4OS/c1-3-14-11(17)8-16(4-2)10-6-5-9(7-15-10)12(13)18/h5-7H,3-4,8H2,1-2H3,(H2,13,18)(H,14,17). The second-order valence-electron chi connectivity index (χ2n) is 3.74. The molecule has 18 heavy (non-hydrogen) atoms. The zero-order valence-corrected chi connectivity index (χ0v) is 11.5. The molecule has 0 saturated heterocycles. The van der Waals surface area contributed by atoms with Gasteiger partial charge in [0.1, 0.15) is 10.8 Å². The van der Waals surface area contributed by atoms with Crippen molar-refractivity contribution in [1.82, 2.24) is 10.3 Å². The summed E-state index contributed by atoms with van der Waals surface area (Å²) in [5, 5.41) is 2.76. The first kappa shape index (κ1) is 14.4. The van der Waals surface area contributed by atoms with Crippen LogP contribution in [0, 0.1) is 0 Å². The van der Waals surface area contributed by atoms with Gasteiger partial charge in [-0.3, -0.25) is 4.79 Å². The molecule has 5 nitrogen and oxygen atoms in total. The topological polar surface area (TPSA) is 71.2 Å². The molecule has 1 heterocycles. The van der Waals surface area contributed by atoms with E-state index in [0.717, 1.165) is 11.4 Å². The number of carbonyl (C=O) groups excluding carboxylic acids is 1. The van der Waals surface area contributed by atoms with Crippen LogP contribution in [0.2, 0.25) is 0 Å². The highest BCUT2D eigenvalue weighted by molar-refractivity contribution is 7.80. The molecule has 1 aromatic heterocycles. The van der Waals surface area contributed by atoms with Crippen molar-refractivity contribution < 1.29 is 4.79 Å². The first-order chi connectivity index (χ1) is 8.58. The Morgan fingerprint density at radius 1 is 1.50 bits per heavy atom. The van der Waals surface area contributed by atoms with Gasteiger partial charge in [0.2, 0.25) is 5.91 Å². The van der Waals surface area contributed by atoms with E-state index in [2.05, 4.69) is 10.3 Å². The molecule has 98 valence electrons. The van der Waals surface area contributed by atoms with Gasteiger partial charge in [-0.15, -0.1) is 0 Å². The van der Waals surface area contributed by atoms with E-state index in [-0.39, 0.29) is 5.91 Å². The summed E-state index contributed by atoms with van der Waals surface area (Å²) in [6.07, 6.45) is 1.62. The first-order valence-electron chi connectivity index (χ1n) is 5.86. The van der Waals surface area contributed by atoms with Crippen molar-refractivity contribution in [2.45, 2.75) is 13.8 Å². The Balaban J connectivity index is 2.76. The van der Waals surface area contributed by atoms with Crippen molar-refractivity contribution in [1.29, 1.82) is 0 Å². The Kier molecular flexibility index (Phi) is 5.51. The van der Waals surface area contributed by atoms with Crippen LogP contribution < -0.4 is 16.0 Å². The first-order valence-corrected chi connectivity index (χ1v) is 6.26. The Morgan fingerprint density at radius 2 is 2.22 bits per heavy atom. The molecule has 0 saturated carbocycles. The van der Waals surface area contributed by atoms with Crippen LogP contribution in [0.5, 0.6) is 0 Å². The Hall–Kier alpha value is -1.69. The van der Waals surface area contributed by atoms with Crippen LogP contribution in [0.1, 0.15) is 19.4 Å². The molecule has 0 bridgehead atoms. The van der Waals surface area contributed by atoms with Gasteiger partial charge in [0.05, 0.1) is 6.54 Å². The third-order valence-corrected chi connectivity index (χ3v) is 2.68. The lowest BCUT2D eigenvalue weighted by atomic mass is 10.3. The molecule has 1 rings (SSSR count). The van der Waals surface area contributed by atoms with Gasteiger partial charge in [-0.1, -0.05) is 12.2 Å². The van der Waals surface area contributed by atoms with Crippen LogP contribution in [0.25, 0.3) is 0 Å². The quantitative estimate of drug-likeness (QED) is 0.741. The fraction of sp³-hybridized carbons (Fsp3) is 0.417. The fourth-order valence-corrected chi connectivity index (χ4v) is 1.62. The number of amides is 1. The lowest BCUT2D eigenvalue weighted by Crippen LogP contribution is -2.37. The van der Waals surface area contributed by atoms with Crippen LogP contribution in [0.15, 0.2) is 18.3 Å². The molecule has 0 spiro atoms. The van der Waals surface area contributed by atoms with E-state index >= 15 is 0 Å². The third kappa shape index (κ3) is 3.96. The summed E-state index contributed by atoms with van der Waals surface area (Å²) < 4.78 is 0. The fourth-order valence-electron chi connectivity index (χ4n) is 1.50. The molecule has 0 aromatic carbocycles. The molecule has 6 heteroatoms. The number of likely N-dealkylation sites (N-methyl/N-ethyl adjacent to an activating group) is 2. The van der Waals surface area contributed by atoms with Crippen molar-refractivity contribution in [3.05, 3.63) is 23.9 Å². The minimum absolute atomic E-state index is 0.0143. The molecule has 0 atom stereocenters. The highest BCUT2D eigenvalue weighted by Gasteiger charge is 2.10. The Labute approximate surface area is 112 Å². The third-order valence-electron chi connectivity index (χ3n) is 2.45. The average molecular weight is 266 g/mol. The van der Waals surface area contributed by atoms with Crippen molar-refractivity contribution >= 4 is 28.9 Å². The molecule has 0 radical (unpaired) electrons. The maximum Gasteiger partial charge on any atom is 0.239 e. The smallest absolute Gasteiger partial charge is 0.239 e. The molecule has 3 N–H and O–H groups in total. The van der Waals surface area contributed by atoms with E-state index < -0.39 is 0 Å². The van der Waals surface area contributed by atoms with Crippen LogP contribution in [-0.2, 0) is 4.79 Å². The van der Waals surface area contributed by atoms with Gasteiger partial charge in [-0.2, -0.15) is 0 Å². The van der Waals surface area contributed by atoms with Gasteiger partial charge < -0.3 is 16.0 Å². The van der Waals surface area contributed by atoms with Gasteiger partial charge in [-0.05, 0) is 26.0 Å². The molecule has 0 aliphatic carbocycles.